The van der Waals surface area contributed by atoms with Crippen LogP contribution in [0.15, 0.2) is 11.6 Å². The summed E-state index contributed by atoms with van der Waals surface area (Å²) in [5, 5.41) is 107. The maximum absolute atomic E-state index is 13.7. The summed E-state index contributed by atoms with van der Waals surface area (Å²) in [5.41, 5.74) is -2.91. The zero-order chi connectivity index (χ0) is 43.6. The summed E-state index contributed by atoms with van der Waals surface area (Å²) in [6, 6.07) is 0. The minimum atomic E-state index is -2.06. The largest absolute Gasteiger partial charge is 0.481 e. The van der Waals surface area contributed by atoms with Crippen molar-refractivity contribution in [1.82, 2.24) is 0 Å². The molecule has 0 amide bonds. The number of allylic oxidation sites excluding steroid dienone is 2. The highest BCUT2D eigenvalue weighted by atomic mass is 16.7. The standard InChI is InChI=1S/C42H64O17/c1-37(2)11-13-42(36(54)55)14-12-39(4)18(19(42)15-37)7-8-22-38(3)16-20(44)31(41(6,35(52)53)23(38)9-10-40(22,39)5)59-34-28(49)29(24(45)21(17-43)56-34)57-33-27(48)25(46)26(47)30(58-33)32(50)51/h7,19-31,33-34,43-49H,8-17H2,1-6H3,(H,50,51)(H,52,53)(H,54,55). The average Bonchev–Trinajstić information content (AvgIpc) is 3.15. The molecule has 6 fully saturated rings. The van der Waals surface area contributed by atoms with E-state index in [1.807, 2.05) is 6.92 Å². The van der Waals surface area contributed by atoms with Gasteiger partial charge in [-0.15, -0.1) is 0 Å². The number of hydrogen-bond donors (Lipinski definition) is 10. The molecule has 7 rings (SSSR count). The predicted octanol–water partition coefficient (Wildman–Crippen LogP) is 1.01. The molecule has 2 saturated heterocycles. The summed E-state index contributed by atoms with van der Waals surface area (Å²) in [6.45, 7) is 11.6. The van der Waals surface area contributed by atoms with Crippen LogP contribution >= 0.6 is 0 Å². The first kappa shape index (κ1) is 44.8. The smallest absolute Gasteiger partial charge is 0.335 e. The van der Waals surface area contributed by atoms with Crippen molar-refractivity contribution in [3.8, 4) is 0 Å². The summed E-state index contributed by atoms with van der Waals surface area (Å²) in [5.74, 6) is -4.47. The molecule has 0 aromatic heterocycles. The lowest BCUT2D eigenvalue weighted by atomic mass is 9.33. The second kappa shape index (κ2) is 14.9. The van der Waals surface area contributed by atoms with Gasteiger partial charge in [0.1, 0.15) is 48.8 Å². The van der Waals surface area contributed by atoms with Gasteiger partial charge in [-0.1, -0.05) is 46.3 Å². The van der Waals surface area contributed by atoms with Crippen LogP contribution < -0.4 is 0 Å². The molecular weight excluding hydrogens is 776 g/mol. The summed E-state index contributed by atoms with van der Waals surface area (Å²) < 4.78 is 22.9. The van der Waals surface area contributed by atoms with E-state index in [1.54, 1.807) is 0 Å². The third-order valence-corrected chi connectivity index (χ3v) is 17.3. The van der Waals surface area contributed by atoms with Crippen LogP contribution in [0.2, 0.25) is 0 Å². The Morgan fingerprint density at radius 3 is 1.98 bits per heavy atom. The van der Waals surface area contributed by atoms with Crippen molar-refractivity contribution in [1.29, 1.82) is 0 Å². The molecule has 2 heterocycles. The Morgan fingerprint density at radius 2 is 1.37 bits per heavy atom. The first-order valence-electron chi connectivity index (χ1n) is 21.1. The number of aliphatic hydroxyl groups is 7. The molecule has 5 aliphatic carbocycles. The number of hydrogen-bond acceptors (Lipinski definition) is 14. The van der Waals surface area contributed by atoms with Crippen molar-refractivity contribution in [2.24, 2.45) is 50.2 Å². The summed E-state index contributed by atoms with van der Waals surface area (Å²) >= 11 is 0. The van der Waals surface area contributed by atoms with Gasteiger partial charge in [-0.05, 0) is 104 Å². The Labute approximate surface area is 343 Å². The van der Waals surface area contributed by atoms with Gasteiger partial charge >= 0.3 is 17.9 Å². The SMILES string of the molecule is CC1(C)CCC2(C(=O)O)CCC3(C)C(=CCC4C5(C)CC(O)C(OC6OC(CO)C(O)C(OC7OC(C(=O)O)C(O)C(O)C7O)C6O)C(C)(C(=O)O)C5CCC43C)C2C1. The van der Waals surface area contributed by atoms with E-state index >= 15 is 0 Å². The van der Waals surface area contributed by atoms with E-state index in [-0.39, 0.29) is 34.5 Å². The molecule has 0 bridgehead atoms. The lowest BCUT2D eigenvalue weighted by Gasteiger charge is -2.71. The van der Waals surface area contributed by atoms with Crippen LogP contribution in [-0.2, 0) is 33.3 Å². The fraction of sp³-hybridized carbons (Fsp3) is 0.881. The van der Waals surface area contributed by atoms with Gasteiger partial charge in [0.05, 0.1) is 23.5 Å². The van der Waals surface area contributed by atoms with Crippen LogP contribution in [0.1, 0.15) is 99.3 Å². The Hall–Kier alpha value is -2.29. The maximum atomic E-state index is 13.7. The van der Waals surface area contributed by atoms with Gasteiger partial charge in [-0.3, -0.25) is 9.59 Å². The number of carboxylic acids is 3. The number of fused-ring (bicyclic) bond motifs is 7. The topological polar surface area (TPSA) is 290 Å². The van der Waals surface area contributed by atoms with Crippen molar-refractivity contribution in [3.63, 3.8) is 0 Å². The monoisotopic (exact) mass is 840 g/mol. The molecule has 0 radical (unpaired) electrons. The number of carboxylic acid groups (broad SMARTS) is 3. The first-order chi connectivity index (χ1) is 27.3. The Bertz CT molecular complexity index is 1700. The van der Waals surface area contributed by atoms with E-state index in [0.717, 1.165) is 12.8 Å². The molecule has 17 nitrogen and oxygen atoms in total. The van der Waals surface area contributed by atoms with E-state index in [4.69, 9.17) is 18.9 Å². The number of aliphatic hydroxyl groups excluding tert-OH is 7. The second-order valence-corrected chi connectivity index (χ2v) is 20.6. The molecule has 10 N–H and O–H groups in total. The van der Waals surface area contributed by atoms with Crippen molar-refractivity contribution in [3.05, 3.63) is 11.6 Å². The lowest BCUT2D eigenvalue weighted by Crippen LogP contribution is -2.70. The van der Waals surface area contributed by atoms with Crippen LogP contribution in [0.25, 0.3) is 0 Å². The van der Waals surface area contributed by atoms with E-state index in [2.05, 4.69) is 33.8 Å². The zero-order valence-electron chi connectivity index (χ0n) is 34.6. The molecule has 7 aliphatic rings. The molecule has 17 heteroatoms. The molecule has 0 aromatic rings. The van der Waals surface area contributed by atoms with E-state index < -0.39 is 120 Å². The molecular formula is C42H64O17. The van der Waals surface area contributed by atoms with E-state index in [9.17, 15) is 65.4 Å². The Balaban J connectivity index is 1.18. The summed E-state index contributed by atoms with van der Waals surface area (Å²) in [7, 11) is 0. The molecule has 20 atom stereocenters. The molecule has 59 heavy (non-hydrogen) atoms. The molecule has 20 unspecified atom stereocenters. The van der Waals surface area contributed by atoms with Crippen LogP contribution in [0, 0.1) is 50.2 Å². The molecule has 334 valence electrons. The highest BCUT2D eigenvalue weighted by molar-refractivity contribution is 5.77. The summed E-state index contributed by atoms with van der Waals surface area (Å²) in [6.07, 6.45) is -14.7. The van der Waals surface area contributed by atoms with Gasteiger partial charge < -0.3 is 70.0 Å². The van der Waals surface area contributed by atoms with Crippen molar-refractivity contribution in [2.45, 2.75) is 173 Å². The minimum absolute atomic E-state index is 0.0205. The lowest BCUT2D eigenvalue weighted by molar-refractivity contribution is -0.371. The van der Waals surface area contributed by atoms with Crippen molar-refractivity contribution < 1.29 is 84.4 Å². The van der Waals surface area contributed by atoms with Gasteiger partial charge in [0.2, 0.25) is 0 Å². The van der Waals surface area contributed by atoms with Crippen LogP contribution in [0.5, 0.6) is 0 Å². The Kier molecular flexibility index (Phi) is 11.3. The van der Waals surface area contributed by atoms with Crippen LogP contribution in [0.4, 0.5) is 0 Å². The highest BCUT2D eigenvalue weighted by Crippen LogP contribution is 2.76. The first-order valence-corrected chi connectivity index (χ1v) is 21.1. The van der Waals surface area contributed by atoms with Gasteiger partial charge in [0.15, 0.2) is 18.7 Å². The fourth-order valence-electron chi connectivity index (χ4n) is 13.7. The average molecular weight is 841 g/mol. The molecule has 0 spiro atoms. The van der Waals surface area contributed by atoms with Gasteiger partial charge in [0.25, 0.3) is 0 Å². The van der Waals surface area contributed by atoms with Crippen molar-refractivity contribution in [2.75, 3.05) is 6.61 Å². The Morgan fingerprint density at radius 1 is 0.729 bits per heavy atom. The maximum Gasteiger partial charge on any atom is 0.335 e. The second-order valence-electron chi connectivity index (χ2n) is 20.6. The van der Waals surface area contributed by atoms with E-state index in [0.29, 0.717) is 38.5 Å². The van der Waals surface area contributed by atoms with Crippen LogP contribution in [-0.4, -0.2) is 149 Å². The number of rotatable bonds is 8. The summed E-state index contributed by atoms with van der Waals surface area (Å²) in [4.78, 5) is 38.4. The quantitative estimate of drug-likeness (QED) is 0.121. The van der Waals surface area contributed by atoms with E-state index in [1.165, 1.54) is 12.5 Å². The highest BCUT2D eigenvalue weighted by Gasteiger charge is 2.72. The number of aliphatic carboxylic acids is 3. The normalized spacial score (nSPS) is 53.1. The molecule has 4 saturated carbocycles. The third-order valence-electron chi connectivity index (χ3n) is 17.3. The van der Waals surface area contributed by atoms with Gasteiger partial charge in [-0.2, -0.15) is 0 Å². The fourth-order valence-corrected chi connectivity index (χ4v) is 13.7. The van der Waals surface area contributed by atoms with Gasteiger partial charge in [0, 0.05) is 0 Å². The zero-order valence-corrected chi connectivity index (χ0v) is 34.6. The van der Waals surface area contributed by atoms with Crippen molar-refractivity contribution >= 4 is 17.9 Å². The molecule has 2 aliphatic heterocycles. The number of carbonyl (C=O) groups is 3. The third kappa shape index (κ3) is 6.46. The number of ether oxygens (including phenoxy) is 4. The predicted molar refractivity (Wildman–Crippen MR) is 202 cm³/mol. The van der Waals surface area contributed by atoms with Crippen LogP contribution in [0.3, 0.4) is 0 Å². The minimum Gasteiger partial charge on any atom is -0.481 e. The molecule has 0 aromatic carbocycles. The van der Waals surface area contributed by atoms with Gasteiger partial charge in [-0.25, -0.2) is 4.79 Å².